The third-order valence-electron chi connectivity index (χ3n) is 2.30. The number of amides is 1. The summed E-state index contributed by atoms with van der Waals surface area (Å²) in [5, 5.41) is 5.85. The average molecular weight is 208 g/mol. The molecule has 1 aromatic rings. The van der Waals surface area contributed by atoms with Crippen molar-refractivity contribution in [3.8, 4) is 0 Å². The van der Waals surface area contributed by atoms with Gasteiger partial charge in [-0.2, -0.15) is 0 Å². The first kappa shape index (κ1) is 9.70. The van der Waals surface area contributed by atoms with E-state index in [1.165, 1.54) is 12.4 Å². The quantitative estimate of drug-likeness (QED) is 0.609. The van der Waals surface area contributed by atoms with Gasteiger partial charge in [-0.25, -0.2) is 4.98 Å². The molecule has 1 atom stereocenters. The molecule has 3 N–H and O–H groups in total. The average Bonchev–Trinajstić information content (AvgIpc) is 2.22. The summed E-state index contributed by atoms with van der Waals surface area (Å²) >= 11 is 0. The third-order valence-corrected chi connectivity index (χ3v) is 2.30. The van der Waals surface area contributed by atoms with Gasteiger partial charge in [0.1, 0.15) is 5.82 Å². The number of anilines is 1. The fourth-order valence-electron chi connectivity index (χ4n) is 1.51. The van der Waals surface area contributed by atoms with Gasteiger partial charge in [-0.05, 0) is 6.42 Å². The van der Waals surface area contributed by atoms with Crippen molar-refractivity contribution < 1.29 is 4.79 Å². The molecule has 2 rings (SSSR count). The second-order valence-electron chi connectivity index (χ2n) is 3.48. The largest absolute Gasteiger partial charge is 0.365 e. The fraction of sp³-hybridized carbons (Fsp3) is 0.444. The highest BCUT2D eigenvalue weighted by atomic mass is 16.1. The van der Waals surface area contributed by atoms with Crippen LogP contribution in [0, 0.1) is 0 Å². The number of rotatable bonds is 2. The lowest BCUT2D eigenvalue weighted by atomic mass is 10.1. The minimum absolute atomic E-state index is 0.0759. The molecule has 0 spiro atoms. The second kappa shape index (κ2) is 4.12. The molecule has 1 aliphatic heterocycles. The van der Waals surface area contributed by atoms with Gasteiger partial charge in [0.2, 0.25) is 5.91 Å². The number of H-pyrrole nitrogens is 1. The van der Waals surface area contributed by atoms with Crippen LogP contribution < -0.4 is 16.2 Å². The number of aromatic amines is 1. The molecular weight excluding hydrogens is 196 g/mol. The molecular formula is C9H12N4O2. The molecule has 1 unspecified atom stereocenters. The van der Waals surface area contributed by atoms with E-state index in [-0.39, 0.29) is 17.5 Å². The Morgan fingerprint density at radius 3 is 3.00 bits per heavy atom. The van der Waals surface area contributed by atoms with Crippen molar-refractivity contribution in [3.05, 3.63) is 22.7 Å². The van der Waals surface area contributed by atoms with Crippen molar-refractivity contribution in [1.29, 1.82) is 0 Å². The number of hydrogen-bond acceptors (Lipinski definition) is 4. The summed E-state index contributed by atoms with van der Waals surface area (Å²) in [5.74, 6) is 0.617. The molecule has 0 aliphatic carbocycles. The van der Waals surface area contributed by atoms with E-state index in [1.54, 1.807) is 0 Å². The van der Waals surface area contributed by atoms with Gasteiger partial charge in [0.05, 0.1) is 6.33 Å². The smallest absolute Gasteiger partial charge is 0.252 e. The van der Waals surface area contributed by atoms with E-state index in [9.17, 15) is 9.59 Å². The Hall–Kier alpha value is -1.85. The highest BCUT2D eigenvalue weighted by Crippen LogP contribution is 2.08. The number of nitrogens with zero attached hydrogens (tertiary/aromatic N) is 1. The second-order valence-corrected chi connectivity index (χ2v) is 3.48. The molecule has 15 heavy (non-hydrogen) atoms. The Morgan fingerprint density at radius 2 is 2.33 bits per heavy atom. The van der Waals surface area contributed by atoms with Crippen molar-refractivity contribution in [2.24, 2.45) is 0 Å². The van der Waals surface area contributed by atoms with Crippen LogP contribution in [-0.2, 0) is 4.79 Å². The SMILES string of the molecule is O=C1CCC(Nc2cc(=O)[nH]cn2)CN1. The van der Waals surface area contributed by atoms with Gasteiger partial charge in [-0.3, -0.25) is 9.59 Å². The van der Waals surface area contributed by atoms with Crippen molar-refractivity contribution in [3.63, 3.8) is 0 Å². The van der Waals surface area contributed by atoms with Gasteiger partial charge in [-0.15, -0.1) is 0 Å². The third kappa shape index (κ3) is 2.55. The number of hydrogen-bond donors (Lipinski definition) is 3. The Morgan fingerprint density at radius 1 is 1.47 bits per heavy atom. The van der Waals surface area contributed by atoms with Gasteiger partial charge >= 0.3 is 0 Å². The zero-order valence-electron chi connectivity index (χ0n) is 8.12. The van der Waals surface area contributed by atoms with Crippen LogP contribution in [-0.4, -0.2) is 28.5 Å². The van der Waals surface area contributed by atoms with E-state index in [1.807, 2.05) is 0 Å². The highest BCUT2D eigenvalue weighted by Gasteiger charge is 2.17. The zero-order valence-corrected chi connectivity index (χ0v) is 8.12. The molecule has 0 radical (unpaired) electrons. The van der Waals surface area contributed by atoms with Crippen molar-refractivity contribution >= 4 is 11.7 Å². The van der Waals surface area contributed by atoms with Gasteiger partial charge in [0.15, 0.2) is 0 Å². The highest BCUT2D eigenvalue weighted by molar-refractivity contribution is 5.76. The van der Waals surface area contributed by atoms with E-state index < -0.39 is 0 Å². The van der Waals surface area contributed by atoms with Gasteiger partial charge < -0.3 is 15.6 Å². The van der Waals surface area contributed by atoms with Crippen LogP contribution in [0.5, 0.6) is 0 Å². The topological polar surface area (TPSA) is 86.9 Å². The summed E-state index contributed by atoms with van der Waals surface area (Å²) in [6.07, 6.45) is 2.63. The van der Waals surface area contributed by atoms with Crippen molar-refractivity contribution in [1.82, 2.24) is 15.3 Å². The number of carbonyl (C=O) groups is 1. The first-order valence-corrected chi connectivity index (χ1v) is 4.82. The Bertz CT molecular complexity index is 405. The molecule has 0 saturated carbocycles. The Balaban J connectivity index is 1.97. The Kier molecular flexibility index (Phi) is 2.66. The molecule has 1 saturated heterocycles. The number of aromatic nitrogens is 2. The van der Waals surface area contributed by atoms with Crippen molar-refractivity contribution in [2.45, 2.75) is 18.9 Å². The Labute approximate surface area is 86.1 Å². The molecule has 6 nitrogen and oxygen atoms in total. The van der Waals surface area contributed by atoms with Crippen LogP contribution in [0.2, 0.25) is 0 Å². The van der Waals surface area contributed by atoms with Gasteiger partial charge in [0.25, 0.3) is 5.56 Å². The maximum absolute atomic E-state index is 11.0. The molecule has 1 aliphatic rings. The molecule has 1 amide bonds. The summed E-state index contributed by atoms with van der Waals surface area (Å²) in [4.78, 5) is 28.3. The number of piperidine rings is 1. The normalized spacial score (nSPS) is 20.8. The molecule has 1 fully saturated rings. The van der Waals surface area contributed by atoms with E-state index >= 15 is 0 Å². The maximum atomic E-state index is 11.0. The minimum atomic E-state index is -0.188. The predicted octanol–water partition coefficient (Wildman–Crippen LogP) is -0.540. The molecule has 80 valence electrons. The fourth-order valence-corrected chi connectivity index (χ4v) is 1.51. The van der Waals surface area contributed by atoms with Crippen LogP contribution in [0.25, 0.3) is 0 Å². The summed E-state index contributed by atoms with van der Waals surface area (Å²) in [6, 6.07) is 1.55. The van der Waals surface area contributed by atoms with Crippen molar-refractivity contribution in [2.75, 3.05) is 11.9 Å². The van der Waals surface area contributed by atoms with Crippen LogP contribution >= 0.6 is 0 Å². The molecule has 2 heterocycles. The van der Waals surface area contributed by atoms with Crippen LogP contribution in [0.1, 0.15) is 12.8 Å². The number of carbonyl (C=O) groups excluding carboxylic acids is 1. The maximum Gasteiger partial charge on any atom is 0.252 e. The minimum Gasteiger partial charge on any atom is -0.365 e. The zero-order chi connectivity index (χ0) is 10.7. The van der Waals surface area contributed by atoms with E-state index in [4.69, 9.17) is 0 Å². The van der Waals surface area contributed by atoms with Gasteiger partial charge in [0, 0.05) is 25.1 Å². The standard InChI is InChI=1S/C9H12N4O2/c14-8-2-1-6(4-10-8)13-7-3-9(15)12-5-11-7/h3,5-6H,1-2,4H2,(H,10,14)(H2,11,12,13,15). The molecule has 6 heteroatoms. The lowest BCUT2D eigenvalue weighted by Gasteiger charge is -2.23. The number of nitrogens with one attached hydrogen (secondary N) is 3. The molecule has 1 aromatic heterocycles. The summed E-state index contributed by atoms with van der Waals surface area (Å²) in [6.45, 7) is 0.577. The summed E-state index contributed by atoms with van der Waals surface area (Å²) < 4.78 is 0. The summed E-state index contributed by atoms with van der Waals surface area (Å²) in [7, 11) is 0. The lowest BCUT2D eigenvalue weighted by molar-refractivity contribution is -0.122. The van der Waals surface area contributed by atoms with E-state index in [0.717, 1.165) is 6.42 Å². The first-order chi connectivity index (χ1) is 7.24. The first-order valence-electron chi connectivity index (χ1n) is 4.82. The predicted molar refractivity (Wildman–Crippen MR) is 54.5 cm³/mol. The molecule has 0 bridgehead atoms. The monoisotopic (exact) mass is 208 g/mol. The molecule has 0 aromatic carbocycles. The van der Waals surface area contributed by atoms with E-state index in [0.29, 0.717) is 18.8 Å². The van der Waals surface area contributed by atoms with Gasteiger partial charge in [-0.1, -0.05) is 0 Å². The van der Waals surface area contributed by atoms with Crippen LogP contribution in [0.4, 0.5) is 5.82 Å². The van der Waals surface area contributed by atoms with E-state index in [2.05, 4.69) is 20.6 Å². The summed E-state index contributed by atoms with van der Waals surface area (Å²) in [5.41, 5.74) is -0.188. The lowest BCUT2D eigenvalue weighted by Crippen LogP contribution is -2.42. The van der Waals surface area contributed by atoms with Crippen LogP contribution in [0.15, 0.2) is 17.2 Å². The van der Waals surface area contributed by atoms with Crippen LogP contribution in [0.3, 0.4) is 0 Å².